The van der Waals surface area contributed by atoms with Crippen molar-refractivity contribution in [2.24, 2.45) is 0 Å². The molecule has 0 bridgehead atoms. The van der Waals surface area contributed by atoms with Crippen molar-refractivity contribution >= 4 is 33.2 Å². The molecule has 3 aromatic rings. The number of sulfonamides is 1. The number of fused-ring (bicyclic) bond motifs is 1. The topological polar surface area (TPSA) is 78.5 Å². The van der Waals surface area contributed by atoms with Crippen molar-refractivity contribution in [3.05, 3.63) is 94.0 Å². The number of rotatable bonds is 7. The molecule has 6 nitrogen and oxygen atoms in total. The minimum Gasteiger partial charge on any atom is -0.367 e. The largest absolute Gasteiger partial charge is 0.367 e. The molecule has 0 spiro atoms. The molecule has 2 N–H and O–H groups in total. The minimum absolute atomic E-state index is 0.0117. The van der Waals surface area contributed by atoms with Crippen molar-refractivity contribution in [2.75, 3.05) is 18.5 Å². The van der Waals surface area contributed by atoms with E-state index in [1.54, 1.807) is 0 Å². The Morgan fingerprint density at radius 1 is 1.03 bits per heavy atom. The molecule has 0 saturated heterocycles. The van der Waals surface area contributed by atoms with Crippen LogP contribution < -0.4 is 14.9 Å². The van der Waals surface area contributed by atoms with E-state index in [-0.39, 0.29) is 15.5 Å². The lowest BCUT2D eigenvalue weighted by atomic mass is 10.1. The highest BCUT2D eigenvalue weighted by Crippen LogP contribution is 2.28. The predicted octanol–water partition coefficient (Wildman–Crippen LogP) is 3.74. The standard InChI is InChI=1S/C24H24ClN3O3S/c1-26-32(30,31)20-10-11-22(25)21(14-20)24(29)27-15-17-6-8-18(9-7-17)16-28-13-12-19-4-2-3-5-23(19)28/h2-11,14,26H,12-13,15-16H2,1H3,(H,27,29). The first-order chi connectivity index (χ1) is 15.4. The summed E-state index contributed by atoms with van der Waals surface area (Å²) in [6.07, 6.45) is 1.07. The van der Waals surface area contributed by atoms with E-state index in [9.17, 15) is 13.2 Å². The highest BCUT2D eigenvalue weighted by Gasteiger charge is 2.19. The number of hydrogen-bond donors (Lipinski definition) is 2. The zero-order valence-electron chi connectivity index (χ0n) is 17.6. The highest BCUT2D eigenvalue weighted by atomic mass is 35.5. The summed E-state index contributed by atoms with van der Waals surface area (Å²) >= 11 is 6.12. The lowest BCUT2D eigenvalue weighted by molar-refractivity contribution is 0.0951. The van der Waals surface area contributed by atoms with Crippen LogP contribution in [0.2, 0.25) is 5.02 Å². The normalized spacial score (nSPS) is 13.1. The molecule has 1 aliphatic rings. The first kappa shape index (κ1) is 22.3. The fourth-order valence-electron chi connectivity index (χ4n) is 3.79. The third kappa shape index (κ3) is 4.80. The van der Waals surface area contributed by atoms with Gasteiger partial charge in [0.1, 0.15) is 0 Å². The molecule has 0 fully saturated rings. The first-order valence-electron chi connectivity index (χ1n) is 10.3. The maximum Gasteiger partial charge on any atom is 0.253 e. The summed E-state index contributed by atoms with van der Waals surface area (Å²) in [5.41, 5.74) is 4.94. The monoisotopic (exact) mass is 469 g/mol. The number of nitrogens with one attached hydrogen (secondary N) is 2. The van der Waals surface area contributed by atoms with Crippen LogP contribution >= 0.6 is 11.6 Å². The second-order valence-electron chi connectivity index (χ2n) is 7.65. The van der Waals surface area contributed by atoms with Gasteiger partial charge in [0.25, 0.3) is 5.91 Å². The van der Waals surface area contributed by atoms with Gasteiger partial charge in [-0.2, -0.15) is 0 Å². The van der Waals surface area contributed by atoms with Gasteiger partial charge in [0.2, 0.25) is 10.0 Å². The van der Waals surface area contributed by atoms with Crippen LogP contribution in [0.15, 0.2) is 71.6 Å². The third-order valence-corrected chi connectivity index (χ3v) is 7.34. The molecule has 0 saturated carbocycles. The highest BCUT2D eigenvalue weighted by molar-refractivity contribution is 7.89. The molecular formula is C24H24ClN3O3S. The number of carbonyl (C=O) groups is 1. The smallest absolute Gasteiger partial charge is 0.253 e. The van der Waals surface area contributed by atoms with E-state index in [1.807, 2.05) is 12.1 Å². The second kappa shape index (κ2) is 9.32. The minimum atomic E-state index is -3.66. The SMILES string of the molecule is CNS(=O)(=O)c1ccc(Cl)c(C(=O)NCc2ccc(CN3CCc4ccccc43)cc2)c1. The fourth-order valence-corrected chi connectivity index (χ4v) is 4.75. The molecular weight excluding hydrogens is 446 g/mol. The quantitative estimate of drug-likeness (QED) is 0.552. The summed E-state index contributed by atoms with van der Waals surface area (Å²) in [4.78, 5) is 15.0. The number of para-hydroxylation sites is 1. The Morgan fingerprint density at radius 3 is 2.50 bits per heavy atom. The van der Waals surface area contributed by atoms with Gasteiger partial charge in [-0.25, -0.2) is 13.1 Å². The summed E-state index contributed by atoms with van der Waals surface area (Å²) in [5, 5.41) is 3.00. The summed E-state index contributed by atoms with van der Waals surface area (Å²) in [5.74, 6) is -0.430. The third-order valence-electron chi connectivity index (χ3n) is 5.59. The molecule has 8 heteroatoms. The van der Waals surface area contributed by atoms with Crippen LogP contribution in [0.3, 0.4) is 0 Å². The number of anilines is 1. The number of hydrogen-bond acceptors (Lipinski definition) is 4. The average molecular weight is 470 g/mol. The molecule has 1 amide bonds. The van der Waals surface area contributed by atoms with Crippen molar-refractivity contribution in [3.63, 3.8) is 0 Å². The molecule has 4 rings (SSSR count). The van der Waals surface area contributed by atoms with Crippen molar-refractivity contribution in [3.8, 4) is 0 Å². The Bertz CT molecular complexity index is 1240. The van der Waals surface area contributed by atoms with Gasteiger partial charge in [-0.15, -0.1) is 0 Å². The van der Waals surface area contributed by atoms with E-state index in [1.165, 1.54) is 42.1 Å². The fraction of sp³-hybridized carbons (Fsp3) is 0.208. The van der Waals surface area contributed by atoms with Gasteiger partial charge in [-0.3, -0.25) is 4.79 Å². The molecule has 0 unspecified atom stereocenters. The van der Waals surface area contributed by atoms with E-state index in [0.29, 0.717) is 6.54 Å². The molecule has 1 aliphatic heterocycles. The molecule has 166 valence electrons. The number of halogens is 1. The van der Waals surface area contributed by atoms with Crippen molar-refractivity contribution < 1.29 is 13.2 Å². The summed E-state index contributed by atoms with van der Waals surface area (Å²) in [7, 11) is -2.35. The van der Waals surface area contributed by atoms with E-state index < -0.39 is 15.9 Å². The van der Waals surface area contributed by atoms with E-state index in [4.69, 9.17) is 11.6 Å². The molecule has 1 heterocycles. The second-order valence-corrected chi connectivity index (χ2v) is 9.94. The van der Waals surface area contributed by atoms with Gasteiger partial charge in [0.15, 0.2) is 0 Å². The van der Waals surface area contributed by atoms with Crippen LogP contribution in [-0.4, -0.2) is 27.9 Å². The first-order valence-corrected chi connectivity index (χ1v) is 12.2. The molecule has 32 heavy (non-hydrogen) atoms. The van der Waals surface area contributed by atoms with Gasteiger partial charge in [-0.1, -0.05) is 54.1 Å². The van der Waals surface area contributed by atoms with Crippen LogP contribution in [0, 0.1) is 0 Å². The Labute approximate surface area is 193 Å². The van der Waals surface area contributed by atoms with Crippen LogP contribution in [0.25, 0.3) is 0 Å². The predicted molar refractivity (Wildman–Crippen MR) is 127 cm³/mol. The van der Waals surface area contributed by atoms with Gasteiger partial charge < -0.3 is 10.2 Å². The Hall–Kier alpha value is -2.87. The van der Waals surface area contributed by atoms with Crippen LogP contribution in [0.5, 0.6) is 0 Å². The van der Waals surface area contributed by atoms with Crippen LogP contribution in [-0.2, 0) is 29.5 Å². The Kier molecular flexibility index (Phi) is 6.50. The maximum atomic E-state index is 12.6. The molecule has 3 aromatic carbocycles. The van der Waals surface area contributed by atoms with Gasteiger partial charge in [-0.05, 0) is 54.4 Å². The van der Waals surface area contributed by atoms with E-state index in [0.717, 1.165) is 25.1 Å². The molecule has 0 aliphatic carbocycles. The van der Waals surface area contributed by atoms with E-state index in [2.05, 4.69) is 51.3 Å². The molecule has 0 radical (unpaired) electrons. The van der Waals surface area contributed by atoms with Gasteiger partial charge in [0, 0.05) is 25.3 Å². The maximum absolute atomic E-state index is 12.6. The van der Waals surface area contributed by atoms with E-state index >= 15 is 0 Å². The Balaban J connectivity index is 1.39. The molecule has 0 atom stereocenters. The number of carbonyl (C=O) groups excluding carboxylic acids is 1. The van der Waals surface area contributed by atoms with Gasteiger partial charge >= 0.3 is 0 Å². The zero-order valence-corrected chi connectivity index (χ0v) is 19.2. The zero-order chi connectivity index (χ0) is 22.7. The van der Waals surface area contributed by atoms with Crippen molar-refractivity contribution in [1.29, 1.82) is 0 Å². The number of amides is 1. The molecule has 0 aromatic heterocycles. The lowest BCUT2D eigenvalue weighted by Gasteiger charge is -2.19. The number of nitrogens with zero attached hydrogens (tertiary/aromatic N) is 1. The summed E-state index contributed by atoms with van der Waals surface area (Å²) in [6, 6.07) is 20.6. The van der Waals surface area contributed by atoms with Crippen molar-refractivity contribution in [2.45, 2.75) is 24.4 Å². The van der Waals surface area contributed by atoms with Crippen LogP contribution in [0.1, 0.15) is 27.0 Å². The summed E-state index contributed by atoms with van der Waals surface area (Å²) < 4.78 is 26.2. The average Bonchev–Trinajstić information content (AvgIpc) is 3.21. The Morgan fingerprint density at radius 2 is 1.75 bits per heavy atom. The number of benzene rings is 3. The van der Waals surface area contributed by atoms with Gasteiger partial charge in [0.05, 0.1) is 15.5 Å². The summed E-state index contributed by atoms with van der Waals surface area (Å²) in [6.45, 7) is 2.16. The van der Waals surface area contributed by atoms with Crippen LogP contribution in [0.4, 0.5) is 5.69 Å². The van der Waals surface area contributed by atoms with Crippen molar-refractivity contribution in [1.82, 2.24) is 10.0 Å². The lowest BCUT2D eigenvalue weighted by Crippen LogP contribution is -2.24.